The van der Waals surface area contributed by atoms with Gasteiger partial charge in [0.15, 0.2) is 5.16 Å². The lowest BCUT2D eigenvalue weighted by Gasteiger charge is -2.13. The van der Waals surface area contributed by atoms with Gasteiger partial charge in [0, 0.05) is 18.8 Å². The van der Waals surface area contributed by atoms with Gasteiger partial charge in [0.25, 0.3) is 0 Å². The highest BCUT2D eigenvalue weighted by Gasteiger charge is 2.09. The first kappa shape index (κ1) is 10.5. The van der Waals surface area contributed by atoms with Gasteiger partial charge in [-0.2, -0.15) is 5.10 Å². The van der Waals surface area contributed by atoms with Crippen LogP contribution < -0.4 is 5.73 Å². The fraction of sp³-hybridized carbons (Fsp3) is 0.750. The Labute approximate surface area is 82.9 Å². The zero-order valence-corrected chi connectivity index (χ0v) is 9.08. The molecule has 0 aromatic carbocycles. The van der Waals surface area contributed by atoms with Gasteiger partial charge in [-0.3, -0.25) is 0 Å². The molecule has 74 valence electrons. The van der Waals surface area contributed by atoms with Crippen LogP contribution in [0.3, 0.4) is 0 Å². The highest BCUT2D eigenvalue weighted by molar-refractivity contribution is 7.99. The van der Waals surface area contributed by atoms with Crippen LogP contribution in [0.2, 0.25) is 0 Å². The lowest BCUT2D eigenvalue weighted by Crippen LogP contribution is -2.28. The van der Waals surface area contributed by atoms with Crippen molar-refractivity contribution in [3.8, 4) is 0 Å². The second kappa shape index (κ2) is 4.62. The van der Waals surface area contributed by atoms with Crippen LogP contribution in [0.4, 0.5) is 0 Å². The summed E-state index contributed by atoms with van der Waals surface area (Å²) in [6.45, 7) is 4.25. The van der Waals surface area contributed by atoms with Crippen molar-refractivity contribution in [2.24, 2.45) is 18.7 Å². The monoisotopic (exact) mass is 200 g/mol. The zero-order valence-electron chi connectivity index (χ0n) is 8.27. The zero-order chi connectivity index (χ0) is 9.84. The van der Waals surface area contributed by atoms with Crippen LogP contribution in [0.1, 0.15) is 13.8 Å². The standard InChI is InChI=1S/C8H16N4S/c1-6(2)7(9)4-13-8-10-5-11-12(8)3/h5-7H,4,9H2,1-3H3. The molecule has 4 nitrogen and oxygen atoms in total. The highest BCUT2D eigenvalue weighted by Crippen LogP contribution is 2.16. The fourth-order valence-corrected chi connectivity index (χ4v) is 1.86. The van der Waals surface area contributed by atoms with Gasteiger partial charge in [-0.25, -0.2) is 9.67 Å². The summed E-state index contributed by atoms with van der Waals surface area (Å²) in [6.07, 6.45) is 1.56. The van der Waals surface area contributed by atoms with Crippen molar-refractivity contribution in [2.75, 3.05) is 5.75 Å². The van der Waals surface area contributed by atoms with Crippen LogP contribution in [0.15, 0.2) is 11.5 Å². The lowest BCUT2D eigenvalue weighted by molar-refractivity contribution is 0.534. The minimum atomic E-state index is 0.224. The van der Waals surface area contributed by atoms with Crippen LogP contribution in [-0.4, -0.2) is 26.6 Å². The topological polar surface area (TPSA) is 56.7 Å². The first-order valence-electron chi connectivity index (χ1n) is 4.33. The molecule has 0 saturated heterocycles. The summed E-state index contributed by atoms with van der Waals surface area (Å²) in [5.74, 6) is 1.41. The van der Waals surface area contributed by atoms with E-state index in [2.05, 4.69) is 23.9 Å². The molecule has 0 bridgehead atoms. The molecule has 1 atom stereocenters. The second-order valence-corrected chi connectivity index (χ2v) is 4.37. The van der Waals surface area contributed by atoms with Gasteiger partial charge < -0.3 is 5.73 Å². The molecule has 1 aromatic rings. The molecule has 13 heavy (non-hydrogen) atoms. The molecule has 0 aliphatic heterocycles. The molecule has 0 aliphatic carbocycles. The van der Waals surface area contributed by atoms with Gasteiger partial charge in [0.05, 0.1) is 0 Å². The summed E-state index contributed by atoms with van der Waals surface area (Å²) >= 11 is 1.65. The Morgan fingerprint density at radius 2 is 2.31 bits per heavy atom. The van der Waals surface area contributed by atoms with E-state index in [1.807, 2.05) is 7.05 Å². The van der Waals surface area contributed by atoms with Crippen molar-refractivity contribution in [1.29, 1.82) is 0 Å². The van der Waals surface area contributed by atoms with Crippen LogP contribution in [0.25, 0.3) is 0 Å². The van der Waals surface area contributed by atoms with E-state index in [9.17, 15) is 0 Å². The van der Waals surface area contributed by atoms with Crippen LogP contribution in [-0.2, 0) is 7.05 Å². The Bertz CT molecular complexity index is 258. The van der Waals surface area contributed by atoms with Crippen molar-refractivity contribution >= 4 is 11.8 Å². The molecule has 0 amide bonds. The molecular formula is C8H16N4S. The largest absolute Gasteiger partial charge is 0.327 e. The number of thioether (sulfide) groups is 1. The first-order chi connectivity index (χ1) is 6.11. The third-order valence-corrected chi connectivity index (χ3v) is 3.11. The average molecular weight is 200 g/mol. The maximum absolute atomic E-state index is 5.90. The van der Waals surface area contributed by atoms with Gasteiger partial charge in [-0.1, -0.05) is 25.6 Å². The van der Waals surface area contributed by atoms with Gasteiger partial charge >= 0.3 is 0 Å². The average Bonchev–Trinajstić information content (AvgIpc) is 2.47. The molecule has 1 unspecified atom stereocenters. The number of hydrogen-bond donors (Lipinski definition) is 1. The number of nitrogens with two attached hydrogens (primary N) is 1. The van der Waals surface area contributed by atoms with Gasteiger partial charge in [0.1, 0.15) is 6.33 Å². The number of aromatic nitrogens is 3. The van der Waals surface area contributed by atoms with Crippen LogP contribution in [0.5, 0.6) is 0 Å². The molecule has 0 spiro atoms. The van der Waals surface area contributed by atoms with Gasteiger partial charge in [0.2, 0.25) is 0 Å². The summed E-state index contributed by atoms with van der Waals surface area (Å²) in [4.78, 5) is 4.11. The van der Waals surface area contributed by atoms with Crippen molar-refractivity contribution in [3.63, 3.8) is 0 Å². The summed E-state index contributed by atoms with van der Waals surface area (Å²) in [6, 6.07) is 0.224. The second-order valence-electron chi connectivity index (χ2n) is 3.39. The Morgan fingerprint density at radius 1 is 1.62 bits per heavy atom. The van der Waals surface area contributed by atoms with Crippen LogP contribution >= 0.6 is 11.8 Å². The van der Waals surface area contributed by atoms with Crippen molar-refractivity contribution in [2.45, 2.75) is 25.0 Å². The first-order valence-corrected chi connectivity index (χ1v) is 5.32. The van der Waals surface area contributed by atoms with E-state index >= 15 is 0 Å². The normalized spacial score (nSPS) is 13.6. The van der Waals surface area contributed by atoms with Crippen molar-refractivity contribution in [3.05, 3.63) is 6.33 Å². The predicted octanol–water partition coefficient (Wildman–Crippen LogP) is 0.890. The van der Waals surface area contributed by atoms with Gasteiger partial charge in [-0.15, -0.1) is 0 Å². The minimum Gasteiger partial charge on any atom is -0.327 e. The van der Waals surface area contributed by atoms with Gasteiger partial charge in [-0.05, 0) is 5.92 Å². The number of aryl methyl sites for hydroxylation is 1. The maximum atomic E-state index is 5.90. The number of nitrogens with zero attached hydrogens (tertiary/aromatic N) is 3. The van der Waals surface area contributed by atoms with E-state index in [4.69, 9.17) is 5.73 Å². The molecule has 1 aromatic heterocycles. The van der Waals surface area contributed by atoms with E-state index in [0.717, 1.165) is 10.9 Å². The number of rotatable bonds is 4. The van der Waals surface area contributed by atoms with E-state index in [1.165, 1.54) is 0 Å². The molecular weight excluding hydrogens is 184 g/mol. The SMILES string of the molecule is CC(C)C(N)CSc1ncnn1C. The minimum absolute atomic E-state index is 0.224. The van der Waals surface area contributed by atoms with E-state index < -0.39 is 0 Å². The molecule has 0 radical (unpaired) electrons. The summed E-state index contributed by atoms with van der Waals surface area (Å²) in [5, 5.41) is 4.91. The molecule has 0 fully saturated rings. The Balaban J connectivity index is 2.39. The highest BCUT2D eigenvalue weighted by atomic mass is 32.2. The Hall–Kier alpha value is -0.550. The molecule has 0 saturated carbocycles. The Morgan fingerprint density at radius 3 is 2.77 bits per heavy atom. The smallest absolute Gasteiger partial charge is 0.185 e. The molecule has 1 rings (SSSR count). The van der Waals surface area contributed by atoms with E-state index in [-0.39, 0.29) is 6.04 Å². The summed E-state index contributed by atoms with van der Waals surface area (Å²) in [7, 11) is 1.89. The third kappa shape index (κ3) is 3.00. The quantitative estimate of drug-likeness (QED) is 0.733. The van der Waals surface area contributed by atoms with Crippen molar-refractivity contribution in [1.82, 2.24) is 14.8 Å². The summed E-state index contributed by atoms with van der Waals surface area (Å²) < 4.78 is 1.76. The fourth-order valence-electron chi connectivity index (χ4n) is 0.780. The summed E-state index contributed by atoms with van der Waals surface area (Å²) in [5.41, 5.74) is 5.90. The molecule has 0 aliphatic rings. The molecule has 5 heteroatoms. The lowest BCUT2D eigenvalue weighted by atomic mass is 10.1. The Kier molecular flexibility index (Phi) is 3.74. The maximum Gasteiger partial charge on any atom is 0.185 e. The third-order valence-electron chi connectivity index (χ3n) is 1.93. The molecule has 1 heterocycles. The van der Waals surface area contributed by atoms with Crippen LogP contribution in [0, 0.1) is 5.92 Å². The molecule has 2 N–H and O–H groups in total. The van der Waals surface area contributed by atoms with Crippen molar-refractivity contribution < 1.29 is 0 Å². The van der Waals surface area contributed by atoms with E-state index in [1.54, 1.807) is 22.8 Å². The predicted molar refractivity (Wildman–Crippen MR) is 54.5 cm³/mol. The number of hydrogen-bond acceptors (Lipinski definition) is 4. The van der Waals surface area contributed by atoms with E-state index in [0.29, 0.717) is 5.92 Å².